The van der Waals surface area contributed by atoms with Gasteiger partial charge in [0.25, 0.3) is 5.56 Å². The summed E-state index contributed by atoms with van der Waals surface area (Å²) in [4.78, 5) is 60.8. The molecular weight excluding hydrogens is 546 g/mol. The average Bonchev–Trinajstić information content (AvgIpc) is 3.11. The lowest BCUT2D eigenvalue weighted by atomic mass is 10.1. The van der Waals surface area contributed by atoms with Crippen LogP contribution in [-0.2, 0) is 39.9 Å². The minimum atomic E-state index is -1.39. The molecule has 36 heavy (non-hydrogen) atoms. The summed E-state index contributed by atoms with van der Waals surface area (Å²) in [5, 5.41) is 3.88. The van der Waals surface area contributed by atoms with E-state index in [1.54, 1.807) is 18.2 Å². The fraction of sp³-hybridized carbons (Fsp3) is 0.455. The van der Waals surface area contributed by atoms with Gasteiger partial charge in [-0.05, 0) is 33.6 Å². The van der Waals surface area contributed by atoms with Crippen molar-refractivity contribution in [2.24, 2.45) is 0 Å². The molecule has 4 atom stereocenters. The molecule has 0 saturated carbocycles. The van der Waals surface area contributed by atoms with Crippen LogP contribution in [-0.4, -0.2) is 64.3 Å². The first-order valence-electron chi connectivity index (χ1n) is 10.7. The molecular formula is C22H24BrN3O10. The summed E-state index contributed by atoms with van der Waals surface area (Å²) in [5.74, 6) is -1.52. The number of hydrogen-bond donors (Lipinski definition) is 0. The van der Waals surface area contributed by atoms with Crippen molar-refractivity contribution in [2.75, 3.05) is 13.7 Å². The monoisotopic (exact) mass is 569 g/mol. The highest BCUT2D eigenvalue weighted by Crippen LogP contribution is 2.33. The summed E-state index contributed by atoms with van der Waals surface area (Å²) in [6.07, 6.45) is -4.10. The molecule has 1 aliphatic heterocycles. The van der Waals surface area contributed by atoms with Crippen LogP contribution < -0.4 is 16.0 Å². The Labute approximate surface area is 213 Å². The molecule has 13 nitrogen and oxygen atoms in total. The highest BCUT2D eigenvalue weighted by atomic mass is 79.9. The van der Waals surface area contributed by atoms with E-state index in [9.17, 15) is 24.0 Å². The third kappa shape index (κ3) is 6.18. The smallest absolute Gasteiger partial charge is 0.350 e. The Morgan fingerprint density at radius 3 is 2.31 bits per heavy atom. The van der Waals surface area contributed by atoms with Gasteiger partial charge in [-0.15, -0.1) is 0 Å². The first kappa shape index (κ1) is 27.1. The number of benzene rings is 1. The van der Waals surface area contributed by atoms with Crippen molar-refractivity contribution in [2.45, 2.75) is 51.9 Å². The van der Waals surface area contributed by atoms with Crippen LogP contribution in [0.1, 0.15) is 32.6 Å². The highest BCUT2D eigenvalue weighted by molar-refractivity contribution is 9.10. The molecule has 0 unspecified atom stereocenters. The van der Waals surface area contributed by atoms with E-state index in [0.717, 1.165) is 29.3 Å². The molecule has 194 valence electrons. The first-order chi connectivity index (χ1) is 17.0. The molecule has 0 radical (unpaired) electrons. The van der Waals surface area contributed by atoms with Gasteiger partial charge in [0.1, 0.15) is 24.7 Å². The Bertz CT molecular complexity index is 1270. The predicted octanol–water partition coefficient (Wildman–Crippen LogP) is 0.548. The van der Waals surface area contributed by atoms with Crippen molar-refractivity contribution < 1.29 is 38.1 Å². The number of carbonyl (C=O) groups excluding carboxylic acids is 3. The van der Waals surface area contributed by atoms with Gasteiger partial charge in [-0.2, -0.15) is 9.78 Å². The van der Waals surface area contributed by atoms with E-state index in [0.29, 0.717) is 15.8 Å². The summed E-state index contributed by atoms with van der Waals surface area (Å²) in [6, 6.07) is 5.04. The van der Waals surface area contributed by atoms with Crippen molar-refractivity contribution in [3.8, 4) is 5.75 Å². The van der Waals surface area contributed by atoms with Gasteiger partial charge < -0.3 is 23.7 Å². The lowest BCUT2D eigenvalue weighted by Crippen LogP contribution is -2.46. The molecule has 1 aliphatic rings. The van der Waals surface area contributed by atoms with Crippen molar-refractivity contribution >= 4 is 33.8 Å². The second-order valence-corrected chi connectivity index (χ2v) is 8.64. The van der Waals surface area contributed by atoms with E-state index in [4.69, 9.17) is 23.7 Å². The number of nitrogens with zero attached hydrogens (tertiary/aromatic N) is 3. The molecule has 0 aliphatic carbocycles. The van der Waals surface area contributed by atoms with Crippen molar-refractivity contribution in [1.29, 1.82) is 0 Å². The number of aromatic nitrogens is 3. The first-order valence-corrected chi connectivity index (χ1v) is 11.5. The number of rotatable bonds is 8. The van der Waals surface area contributed by atoms with Gasteiger partial charge >= 0.3 is 23.6 Å². The lowest BCUT2D eigenvalue weighted by molar-refractivity contribution is -0.166. The summed E-state index contributed by atoms with van der Waals surface area (Å²) < 4.78 is 29.0. The summed E-state index contributed by atoms with van der Waals surface area (Å²) in [5.41, 5.74) is -0.946. The zero-order valence-corrected chi connectivity index (χ0v) is 21.4. The fourth-order valence-electron chi connectivity index (χ4n) is 3.65. The molecule has 1 fully saturated rings. The van der Waals surface area contributed by atoms with E-state index in [1.807, 2.05) is 0 Å². The zero-order valence-electron chi connectivity index (χ0n) is 19.8. The number of ether oxygens (including phenoxy) is 5. The number of hydrogen-bond acceptors (Lipinski definition) is 11. The minimum absolute atomic E-state index is 0.113. The summed E-state index contributed by atoms with van der Waals surface area (Å²) >= 11 is 3.36. The maximum Gasteiger partial charge on any atom is 0.350 e. The van der Waals surface area contributed by atoms with Gasteiger partial charge in [-0.25, -0.2) is 4.79 Å². The maximum atomic E-state index is 13.3. The van der Waals surface area contributed by atoms with E-state index in [2.05, 4.69) is 21.0 Å². The lowest BCUT2D eigenvalue weighted by Gasteiger charge is -2.23. The molecule has 3 rings (SSSR count). The van der Waals surface area contributed by atoms with Crippen molar-refractivity contribution in [3.05, 3.63) is 55.3 Å². The quantitative estimate of drug-likeness (QED) is 0.323. The van der Waals surface area contributed by atoms with Crippen LogP contribution in [0.4, 0.5) is 0 Å². The average molecular weight is 570 g/mol. The topological polar surface area (TPSA) is 154 Å². The Balaban J connectivity index is 2.02. The molecule has 1 aromatic heterocycles. The van der Waals surface area contributed by atoms with Crippen molar-refractivity contribution in [3.63, 3.8) is 0 Å². The Morgan fingerprint density at radius 1 is 1.06 bits per heavy atom. The second kappa shape index (κ2) is 11.5. The summed E-state index contributed by atoms with van der Waals surface area (Å²) in [6.45, 7) is 2.97. The number of methoxy groups -OCH3 is 1. The van der Waals surface area contributed by atoms with E-state index >= 15 is 0 Å². The molecule has 1 saturated heterocycles. The van der Waals surface area contributed by atoms with Crippen LogP contribution in [0.5, 0.6) is 5.75 Å². The Morgan fingerprint density at radius 2 is 1.72 bits per heavy atom. The fourth-order valence-corrected chi connectivity index (χ4v) is 4.24. The predicted molar refractivity (Wildman–Crippen MR) is 124 cm³/mol. The zero-order chi connectivity index (χ0) is 26.6. The van der Waals surface area contributed by atoms with Crippen molar-refractivity contribution in [1.82, 2.24) is 14.3 Å². The van der Waals surface area contributed by atoms with Crippen LogP contribution in [0, 0.1) is 0 Å². The van der Waals surface area contributed by atoms with Gasteiger partial charge in [0, 0.05) is 20.8 Å². The highest BCUT2D eigenvalue weighted by Gasteiger charge is 2.51. The van der Waals surface area contributed by atoms with Crippen LogP contribution in [0.3, 0.4) is 0 Å². The molecule has 2 aromatic rings. The van der Waals surface area contributed by atoms with Crippen LogP contribution in [0.2, 0.25) is 0 Å². The summed E-state index contributed by atoms with van der Waals surface area (Å²) in [7, 11) is 1.50. The maximum absolute atomic E-state index is 13.3. The number of esters is 3. The van der Waals surface area contributed by atoms with Gasteiger partial charge in [0.2, 0.25) is 0 Å². The van der Waals surface area contributed by atoms with Gasteiger partial charge in [0.15, 0.2) is 18.4 Å². The molecule has 0 N–H and O–H groups in total. The Kier molecular flexibility index (Phi) is 8.63. The van der Waals surface area contributed by atoms with Gasteiger partial charge in [-0.3, -0.25) is 23.7 Å². The number of carbonyl (C=O) groups is 3. The normalized spacial score (nSPS) is 21.0. The Hall–Kier alpha value is -3.52. The third-order valence-electron chi connectivity index (χ3n) is 5.12. The molecule has 0 spiro atoms. The minimum Gasteiger partial charge on any atom is -0.496 e. The van der Waals surface area contributed by atoms with E-state index in [-0.39, 0.29) is 13.2 Å². The SMILES string of the molecule is COc1ccc(Cn2c(=O)cnn([C@@H]3O[C@H](COC(C)=O)[C@@H](OC(C)=O)[C@H]3OC(C)=O)c2=O)cc1Br. The van der Waals surface area contributed by atoms with Crippen LogP contribution >= 0.6 is 15.9 Å². The third-order valence-corrected chi connectivity index (χ3v) is 5.74. The molecule has 1 aromatic carbocycles. The molecule has 0 bridgehead atoms. The van der Waals surface area contributed by atoms with E-state index < -0.39 is 53.7 Å². The van der Waals surface area contributed by atoms with Gasteiger partial charge in [-0.1, -0.05) is 6.07 Å². The second-order valence-electron chi connectivity index (χ2n) is 7.78. The van der Waals surface area contributed by atoms with Gasteiger partial charge in [0.05, 0.1) is 18.1 Å². The molecule has 2 heterocycles. The van der Waals surface area contributed by atoms with E-state index in [1.165, 1.54) is 14.0 Å². The number of halogens is 1. The standard InChI is InChI=1S/C22H24BrN3O10/c1-11(27)33-10-17-19(34-12(2)28)20(35-13(3)29)21(36-17)26-22(31)25(18(30)8-24-26)9-14-5-6-16(32-4)15(23)7-14/h5-8,17,19-21H,9-10H2,1-4H3/t17-,19-,20-,21-/m1/s1. The largest absolute Gasteiger partial charge is 0.496 e. The molecule has 14 heteroatoms. The van der Waals surface area contributed by atoms with Crippen LogP contribution in [0.15, 0.2) is 38.5 Å². The molecule has 0 amide bonds. The van der Waals surface area contributed by atoms with Crippen LogP contribution in [0.25, 0.3) is 0 Å².